The lowest BCUT2D eigenvalue weighted by atomic mass is 9.94. The molecule has 0 aliphatic carbocycles. The van der Waals surface area contributed by atoms with Gasteiger partial charge in [-0.15, -0.1) is 0 Å². The fourth-order valence-electron chi connectivity index (χ4n) is 1.92. The van der Waals surface area contributed by atoms with Crippen molar-refractivity contribution in [2.75, 3.05) is 0 Å². The summed E-state index contributed by atoms with van der Waals surface area (Å²) in [7, 11) is 0. The molecule has 2 heteroatoms. The van der Waals surface area contributed by atoms with Gasteiger partial charge in [0.1, 0.15) is 0 Å². The van der Waals surface area contributed by atoms with E-state index in [1.165, 1.54) is 11.1 Å². The Labute approximate surface area is 112 Å². The molecule has 0 bridgehead atoms. The summed E-state index contributed by atoms with van der Waals surface area (Å²) in [5.41, 5.74) is 2.79. The van der Waals surface area contributed by atoms with Gasteiger partial charge in [-0.25, -0.2) is 0 Å². The molecular weight excluding hydrogens is 274 g/mol. The van der Waals surface area contributed by atoms with Gasteiger partial charge in [-0.3, -0.25) is 0 Å². The fraction of sp³-hybridized carbons (Fsp3) is 0.200. The van der Waals surface area contributed by atoms with Crippen LogP contribution in [0.25, 0.3) is 0 Å². The third-order valence-corrected chi connectivity index (χ3v) is 3.29. The second-order valence-corrected chi connectivity index (χ2v) is 5.06. The van der Waals surface area contributed by atoms with Crippen molar-refractivity contribution in [3.05, 3.63) is 70.2 Å². The third kappa shape index (κ3) is 3.99. The Balaban J connectivity index is 0.00000144. The standard InChI is InChI=1S/C15H15Br.H3N/c1-12(14-7-3-2-4-8-14)10-13-6-5-9-15(16)11-13;/h2-9,11-12H,10H2,1H3;1H3. The van der Waals surface area contributed by atoms with Gasteiger partial charge >= 0.3 is 0 Å². The number of rotatable bonds is 3. The monoisotopic (exact) mass is 291 g/mol. The van der Waals surface area contributed by atoms with Crippen LogP contribution >= 0.6 is 15.9 Å². The van der Waals surface area contributed by atoms with Crippen molar-refractivity contribution in [3.8, 4) is 0 Å². The van der Waals surface area contributed by atoms with Gasteiger partial charge in [0.05, 0.1) is 0 Å². The van der Waals surface area contributed by atoms with Crippen LogP contribution in [0.4, 0.5) is 0 Å². The van der Waals surface area contributed by atoms with E-state index in [1.54, 1.807) is 0 Å². The number of halogens is 1. The van der Waals surface area contributed by atoms with Crippen LogP contribution in [0.1, 0.15) is 24.0 Å². The van der Waals surface area contributed by atoms with Crippen molar-refractivity contribution in [1.82, 2.24) is 6.15 Å². The quantitative estimate of drug-likeness (QED) is 0.852. The Morgan fingerprint density at radius 2 is 1.71 bits per heavy atom. The first kappa shape index (κ1) is 13.9. The second-order valence-electron chi connectivity index (χ2n) is 4.15. The molecule has 0 radical (unpaired) electrons. The summed E-state index contributed by atoms with van der Waals surface area (Å²) in [6.07, 6.45) is 1.09. The average Bonchev–Trinajstić information content (AvgIpc) is 2.30. The van der Waals surface area contributed by atoms with Gasteiger partial charge in [-0.1, -0.05) is 65.3 Å². The highest BCUT2D eigenvalue weighted by atomic mass is 79.9. The lowest BCUT2D eigenvalue weighted by Crippen LogP contribution is -1.97. The normalized spacial score (nSPS) is 11.6. The molecule has 0 heterocycles. The van der Waals surface area contributed by atoms with Crippen molar-refractivity contribution in [2.45, 2.75) is 19.3 Å². The molecule has 90 valence electrons. The molecule has 3 N–H and O–H groups in total. The molecule has 0 aliphatic rings. The Morgan fingerprint density at radius 3 is 2.35 bits per heavy atom. The zero-order valence-electron chi connectivity index (χ0n) is 10.1. The third-order valence-electron chi connectivity index (χ3n) is 2.80. The molecule has 1 nitrogen and oxygen atoms in total. The summed E-state index contributed by atoms with van der Waals surface area (Å²) >= 11 is 3.51. The SMILES string of the molecule is CC(Cc1cccc(Br)c1)c1ccccc1.N. The molecule has 17 heavy (non-hydrogen) atoms. The van der Waals surface area contributed by atoms with Crippen LogP contribution < -0.4 is 6.15 Å². The van der Waals surface area contributed by atoms with Gasteiger partial charge < -0.3 is 6.15 Å². The molecule has 0 fully saturated rings. The van der Waals surface area contributed by atoms with E-state index in [-0.39, 0.29) is 6.15 Å². The maximum Gasteiger partial charge on any atom is 0.0177 e. The minimum Gasteiger partial charge on any atom is -0.344 e. The maximum atomic E-state index is 3.51. The van der Waals surface area contributed by atoms with Crippen molar-refractivity contribution in [3.63, 3.8) is 0 Å². The van der Waals surface area contributed by atoms with Crippen LogP contribution in [-0.2, 0) is 6.42 Å². The van der Waals surface area contributed by atoms with E-state index >= 15 is 0 Å². The van der Waals surface area contributed by atoms with Gasteiger partial charge in [-0.2, -0.15) is 0 Å². The highest BCUT2D eigenvalue weighted by Crippen LogP contribution is 2.21. The molecule has 2 rings (SSSR count). The number of benzene rings is 2. The molecule has 0 saturated carbocycles. The molecule has 0 aromatic heterocycles. The van der Waals surface area contributed by atoms with E-state index in [0.29, 0.717) is 5.92 Å². The largest absolute Gasteiger partial charge is 0.344 e. The molecule has 0 amide bonds. The second kappa shape index (κ2) is 6.58. The minimum atomic E-state index is 0. The van der Waals surface area contributed by atoms with Crippen molar-refractivity contribution in [1.29, 1.82) is 0 Å². The Morgan fingerprint density at radius 1 is 1.00 bits per heavy atom. The van der Waals surface area contributed by atoms with Gasteiger partial charge in [-0.05, 0) is 35.6 Å². The highest BCUT2D eigenvalue weighted by molar-refractivity contribution is 9.10. The Hall–Kier alpha value is -1.12. The fourth-order valence-corrected chi connectivity index (χ4v) is 2.36. The smallest absolute Gasteiger partial charge is 0.0177 e. The van der Waals surface area contributed by atoms with Crippen molar-refractivity contribution in [2.24, 2.45) is 0 Å². The van der Waals surface area contributed by atoms with Gasteiger partial charge in [0.2, 0.25) is 0 Å². The van der Waals surface area contributed by atoms with Crippen molar-refractivity contribution >= 4 is 15.9 Å². The molecule has 0 spiro atoms. The van der Waals surface area contributed by atoms with E-state index in [9.17, 15) is 0 Å². The predicted molar refractivity (Wildman–Crippen MR) is 77.7 cm³/mol. The van der Waals surface area contributed by atoms with E-state index < -0.39 is 0 Å². The van der Waals surface area contributed by atoms with Crippen LogP contribution in [-0.4, -0.2) is 0 Å². The van der Waals surface area contributed by atoms with Crippen molar-refractivity contribution < 1.29 is 0 Å². The number of hydrogen-bond acceptors (Lipinski definition) is 1. The summed E-state index contributed by atoms with van der Waals surface area (Å²) in [5, 5.41) is 0. The lowest BCUT2D eigenvalue weighted by molar-refractivity contribution is 0.759. The summed E-state index contributed by atoms with van der Waals surface area (Å²) in [6, 6.07) is 19.2. The summed E-state index contributed by atoms with van der Waals surface area (Å²) in [5.74, 6) is 0.565. The first-order chi connectivity index (χ1) is 7.75. The van der Waals surface area contributed by atoms with Crippen LogP contribution in [0.5, 0.6) is 0 Å². The van der Waals surface area contributed by atoms with E-state index in [4.69, 9.17) is 0 Å². The van der Waals surface area contributed by atoms with Gasteiger partial charge in [0.15, 0.2) is 0 Å². The maximum absolute atomic E-state index is 3.51. The molecule has 0 aliphatic heterocycles. The molecule has 2 aromatic rings. The average molecular weight is 292 g/mol. The molecule has 0 saturated heterocycles. The first-order valence-electron chi connectivity index (χ1n) is 5.55. The Kier molecular flexibility index (Phi) is 5.39. The van der Waals surface area contributed by atoms with E-state index in [2.05, 4.69) is 77.5 Å². The first-order valence-corrected chi connectivity index (χ1v) is 6.34. The predicted octanol–water partition coefficient (Wildman–Crippen LogP) is 4.96. The topological polar surface area (TPSA) is 35.0 Å². The summed E-state index contributed by atoms with van der Waals surface area (Å²) in [6.45, 7) is 2.27. The summed E-state index contributed by atoms with van der Waals surface area (Å²) in [4.78, 5) is 0. The van der Waals surface area contributed by atoms with E-state index in [0.717, 1.165) is 10.9 Å². The summed E-state index contributed by atoms with van der Waals surface area (Å²) < 4.78 is 1.16. The van der Waals surface area contributed by atoms with Crippen LogP contribution in [0.3, 0.4) is 0 Å². The molecule has 1 atom stereocenters. The van der Waals surface area contributed by atoms with E-state index in [1.807, 2.05) is 0 Å². The number of hydrogen-bond donors (Lipinski definition) is 1. The Bertz CT molecular complexity index is 453. The van der Waals surface area contributed by atoms with Gasteiger partial charge in [0, 0.05) is 4.47 Å². The zero-order chi connectivity index (χ0) is 11.4. The van der Waals surface area contributed by atoms with Crippen LogP contribution in [0, 0.1) is 0 Å². The minimum absolute atomic E-state index is 0. The zero-order valence-corrected chi connectivity index (χ0v) is 11.7. The van der Waals surface area contributed by atoms with Crippen LogP contribution in [0.15, 0.2) is 59.1 Å². The molecular formula is C15H18BrN. The highest BCUT2D eigenvalue weighted by Gasteiger charge is 2.05. The van der Waals surface area contributed by atoms with Crippen LogP contribution in [0.2, 0.25) is 0 Å². The van der Waals surface area contributed by atoms with Gasteiger partial charge in [0.25, 0.3) is 0 Å². The lowest BCUT2D eigenvalue weighted by Gasteiger charge is -2.11. The molecule has 2 aromatic carbocycles. The molecule has 1 unspecified atom stereocenters.